The minimum Gasteiger partial charge on any atom is -0.313 e. The van der Waals surface area contributed by atoms with E-state index in [4.69, 9.17) is 0 Å². The van der Waals surface area contributed by atoms with Crippen molar-refractivity contribution in [1.29, 1.82) is 0 Å². The van der Waals surface area contributed by atoms with E-state index in [1.807, 2.05) is 0 Å². The summed E-state index contributed by atoms with van der Waals surface area (Å²) in [6.45, 7) is 6.93. The summed E-state index contributed by atoms with van der Waals surface area (Å²) in [4.78, 5) is 0. The molecule has 2 atom stereocenters. The first-order valence-electron chi connectivity index (χ1n) is 7.69. The number of fused-ring (bicyclic) bond motifs is 1. The maximum Gasteiger partial charge on any atom is 0.0337 e. The minimum absolute atomic E-state index is 0.528. The molecule has 1 saturated carbocycles. The number of nitrogens with one attached hydrogen (secondary N) is 2. The van der Waals surface area contributed by atoms with E-state index >= 15 is 0 Å². The van der Waals surface area contributed by atoms with Gasteiger partial charge in [0.15, 0.2) is 0 Å². The summed E-state index contributed by atoms with van der Waals surface area (Å²) in [6.07, 6.45) is 5.21. The van der Waals surface area contributed by atoms with Gasteiger partial charge in [0, 0.05) is 18.6 Å². The van der Waals surface area contributed by atoms with Crippen LogP contribution in [0.2, 0.25) is 0 Å². The second-order valence-corrected chi connectivity index (χ2v) is 6.99. The summed E-state index contributed by atoms with van der Waals surface area (Å²) in [5.74, 6) is 0. The van der Waals surface area contributed by atoms with E-state index in [1.165, 1.54) is 36.8 Å². The fourth-order valence-electron chi connectivity index (χ4n) is 3.70. The lowest BCUT2D eigenvalue weighted by atomic mass is 9.91. The molecule has 2 unspecified atom stereocenters. The monoisotopic (exact) mass is 258 g/mol. The quantitative estimate of drug-likeness (QED) is 0.849. The van der Waals surface area contributed by atoms with E-state index in [9.17, 15) is 0 Å². The summed E-state index contributed by atoms with van der Waals surface area (Å²) >= 11 is 0. The molecule has 1 heterocycles. The van der Waals surface area contributed by atoms with Crippen LogP contribution >= 0.6 is 0 Å². The van der Waals surface area contributed by atoms with Crippen LogP contribution in [0, 0.1) is 5.41 Å². The Labute approximate surface area is 117 Å². The van der Waals surface area contributed by atoms with Gasteiger partial charge in [-0.2, -0.15) is 0 Å². The van der Waals surface area contributed by atoms with Gasteiger partial charge in [-0.3, -0.25) is 0 Å². The van der Waals surface area contributed by atoms with E-state index in [2.05, 4.69) is 48.7 Å². The molecule has 1 aliphatic heterocycles. The van der Waals surface area contributed by atoms with Crippen LogP contribution in [0.25, 0.3) is 0 Å². The average molecular weight is 258 g/mol. The largest absolute Gasteiger partial charge is 0.313 e. The maximum absolute atomic E-state index is 3.93. The standard InChI is InChI=1S/C17H26N2/c1-17(2)9-7-14(11-17)19-16-8-10-18-12-13-5-3-4-6-15(13)16/h3-6,14,16,18-19H,7-12H2,1-2H3. The van der Waals surface area contributed by atoms with Crippen molar-refractivity contribution in [1.82, 2.24) is 10.6 Å². The van der Waals surface area contributed by atoms with Crippen LogP contribution in [0.3, 0.4) is 0 Å². The number of benzene rings is 1. The lowest BCUT2D eigenvalue weighted by Gasteiger charge is -2.24. The fourth-order valence-corrected chi connectivity index (χ4v) is 3.70. The number of rotatable bonds is 2. The highest BCUT2D eigenvalue weighted by atomic mass is 15.0. The normalized spacial score (nSPS) is 29.8. The Bertz CT molecular complexity index is 439. The van der Waals surface area contributed by atoms with E-state index < -0.39 is 0 Å². The molecular weight excluding hydrogens is 232 g/mol. The highest BCUT2D eigenvalue weighted by Crippen LogP contribution is 2.38. The van der Waals surface area contributed by atoms with Crippen LogP contribution in [0.1, 0.15) is 56.7 Å². The van der Waals surface area contributed by atoms with Crippen molar-refractivity contribution in [2.75, 3.05) is 6.54 Å². The van der Waals surface area contributed by atoms with Crippen molar-refractivity contribution in [2.45, 2.75) is 58.2 Å². The molecule has 2 N–H and O–H groups in total. The van der Waals surface area contributed by atoms with Crippen molar-refractivity contribution < 1.29 is 0 Å². The predicted molar refractivity (Wildman–Crippen MR) is 80.1 cm³/mol. The van der Waals surface area contributed by atoms with Crippen LogP contribution in [0.4, 0.5) is 0 Å². The zero-order valence-electron chi connectivity index (χ0n) is 12.2. The second kappa shape index (κ2) is 5.26. The van der Waals surface area contributed by atoms with E-state index in [0.29, 0.717) is 17.5 Å². The molecule has 0 bridgehead atoms. The first kappa shape index (κ1) is 13.1. The van der Waals surface area contributed by atoms with Crippen molar-refractivity contribution in [3.8, 4) is 0 Å². The van der Waals surface area contributed by atoms with Crippen molar-refractivity contribution in [3.63, 3.8) is 0 Å². The second-order valence-electron chi connectivity index (χ2n) is 6.99. The number of hydrogen-bond donors (Lipinski definition) is 2. The van der Waals surface area contributed by atoms with Gasteiger partial charge in [0.25, 0.3) is 0 Å². The summed E-state index contributed by atoms with van der Waals surface area (Å²) in [5, 5.41) is 7.46. The summed E-state index contributed by atoms with van der Waals surface area (Å²) < 4.78 is 0. The molecule has 1 fully saturated rings. The molecule has 19 heavy (non-hydrogen) atoms. The van der Waals surface area contributed by atoms with Gasteiger partial charge in [0.1, 0.15) is 0 Å². The van der Waals surface area contributed by atoms with Crippen LogP contribution in [0.15, 0.2) is 24.3 Å². The third-order valence-corrected chi connectivity index (χ3v) is 4.76. The molecule has 2 nitrogen and oxygen atoms in total. The minimum atomic E-state index is 0.528. The molecule has 1 aromatic rings. The lowest BCUT2D eigenvalue weighted by Crippen LogP contribution is -2.32. The first-order valence-corrected chi connectivity index (χ1v) is 7.69. The first-order chi connectivity index (χ1) is 9.14. The topological polar surface area (TPSA) is 24.1 Å². The van der Waals surface area contributed by atoms with Crippen LogP contribution in [-0.4, -0.2) is 12.6 Å². The Balaban J connectivity index is 1.74. The van der Waals surface area contributed by atoms with Crippen molar-refractivity contribution in [3.05, 3.63) is 35.4 Å². The summed E-state index contributed by atoms with van der Waals surface area (Å²) in [6, 6.07) is 10.1. The van der Waals surface area contributed by atoms with Gasteiger partial charge in [-0.05, 0) is 48.8 Å². The molecule has 2 heteroatoms. The third-order valence-electron chi connectivity index (χ3n) is 4.76. The SMILES string of the molecule is CC1(C)CCC(NC2CCNCc3ccccc32)C1. The van der Waals surface area contributed by atoms with Crippen molar-refractivity contribution >= 4 is 0 Å². The van der Waals surface area contributed by atoms with Gasteiger partial charge >= 0.3 is 0 Å². The zero-order valence-corrected chi connectivity index (χ0v) is 12.2. The van der Waals surface area contributed by atoms with Gasteiger partial charge in [0.05, 0.1) is 0 Å². The van der Waals surface area contributed by atoms with Crippen LogP contribution in [-0.2, 0) is 6.54 Å². The fraction of sp³-hybridized carbons (Fsp3) is 0.647. The van der Waals surface area contributed by atoms with E-state index in [1.54, 1.807) is 0 Å². The summed E-state index contributed by atoms with van der Waals surface area (Å²) in [7, 11) is 0. The molecule has 0 aromatic heterocycles. The molecule has 104 valence electrons. The predicted octanol–water partition coefficient (Wildman–Crippen LogP) is 3.39. The van der Waals surface area contributed by atoms with Crippen molar-refractivity contribution in [2.24, 2.45) is 5.41 Å². The summed E-state index contributed by atoms with van der Waals surface area (Å²) in [5.41, 5.74) is 3.51. The molecule has 0 radical (unpaired) electrons. The zero-order chi connectivity index (χ0) is 13.3. The Morgan fingerprint density at radius 1 is 1.21 bits per heavy atom. The molecule has 1 aliphatic carbocycles. The Hall–Kier alpha value is -0.860. The molecular formula is C17H26N2. The molecule has 0 saturated heterocycles. The number of hydrogen-bond acceptors (Lipinski definition) is 2. The highest BCUT2D eigenvalue weighted by Gasteiger charge is 2.32. The molecule has 3 rings (SSSR count). The molecule has 1 aromatic carbocycles. The van der Waals surface area contributed by atoms with Crippen LogP contribution in [0.5, 0.6) is 0 Å². The van der Waals surface area contributed by atoms with E-state index in [0.717, 1.165) is 13.1 Å². The van der Waals surface area contributed by atoms with Gasteiger partial charge in [-0.15, -0.1) is 0 Å². The van der Waals surface area contributed by atoms with Gasteiger partial charge in [0.2, 0.25) is 0 Å². The molecule has 2 aliphatic rings. The van der Waals surface area contributed by atoms with Gasteiger partial charge < -0.3 is 10.6 Å². The Morgan fingerprint density at radius 2 is 2.05 bits per heavy atom. The maximum atomic E-state index is 3.93. The third kappa shape index (κ3) is 3.01. The molecule has 0 spiro atoms. The Morgan fingerprint density at radius 3 is 2.84 bits per heavy atom. The van der Waals surface area contributed by atoms with Gasteiger partial charge in [-0.1, -0.05) is 38.1 Å². The smallest absolute Gasteiger partial charge is 0.0337 e. The highest BCUT2D eigenvalue weighted by molar-refractivity contribution is 5.31. The molecule has 0 amide bonds. The van der Waals surface area contributed by atoms with Crippen LogP contribution < -0.4 is 10.6 Å². The average Bonchev–Trinajstić information content (AvgIpc) is 2.60. The Kier molecular flexibility index (Phi) is 3.64. The van der Waals surface area contributed by atoms with Gasteiger partial charge in [-0.25, -0.2) is 0 Å². The lowest BCUT2D eigenvalue weighted by molar-refractivity contribution is 0.348. The van der Waals surface area contributed by atoms with E-state index in [-0.39, 0.29) is 0 Å².